The van der Waals surface area contributed by atoms with Gasteiger partial charge in [0.2, 0.25) is 0 Å². The third kappa shape index (κ3) is 7.42. The van der Waals surface area contributed by atoms with E-state index in [2.05, 4.69) is 15.0 Å². The number of alkyl halides is 3. The number of halogens is 6. The summed E-state index contributed by atoms with van der Waals surface area (Å²) in [5, 5.41) is 2.68. The zero-order valence-electron chi connectivity index (χ0n) is 13.2. The average molecular weight is 487 g/mol. The van der Waals surface area contributed by atoms with Crippen LogP contribution in [0.2, 0.25) is 0 Å². The number of nitrogens with one attached hydrogen (secondary N) is 1. The summed E-state index contributed by atoms with van der Waals surface area (Å²) in [6.45, 7) is 0.149. The monoisotopic (exact) mass is 487 g/mol. The molecule has 26 heavy (non-hydrogen) atoms. The third-order valence-corrected chi connectivity index (χ3v) is 3.04. The van der Waals surface area contributed by atoms with Gasteiger partial charge in [-0.1, -0.05) is 6.07 Å². The number of ether oxygens (including phenoxy) is 1. The maximum Gasteiger partial charge on any atom is 0.573 e. The van der Waals surface area contributed by atoms with Gasteiger partial charge in [0, 0.05) is 18.3 Å². The van der Waals surface area contributed by atoms with E-state index in [-0.39, 0.29) is 48.7 Å². The van der Waals surface area contributed by atoms with Crippen molar-refractivity contribution in [2.24, 2.45) is 10.7 Å². The quantitative estimate of drug-likeness (QED) is 0.284. The highest BCUT2D eigenvalue weighted by molar-refractivity contribution is 14.0. The Bertz CT molecular complexity index is 751. The SMILES string of the molecule is I.NC(=NCCc1ccc(F)cc1F)Nc1ccc(OC(F)(F)F)cc1. The van der Waals surface area contributed by atoms with Crippen molar-refractivity contribution in [3.05, 3.63) is 59.7 Å². The first kappa shape index (κ1) is 21.9. The fourth-order valence-electron chi connectivity index (χ4n) is 1.95. The zero-order chi connectivity index (χ0) is 18.4. The Balaban J connectivity index is 0.00000338. The van der Waals surface area contributed by atoms with E-state index in [0.717, 1.165) is 24.3 Å². The van der Waals surface area contributed by atoms with Gasteiger partial charge in [0.1, 0.15) is 17.4 Å². The summed E-state index contributed by atoms with van der Waals surface area (Å²) in [5.74, 6) is -1.68. The molecule has 0 saturated heterocycles. The highest BCUT2D eigenvalue weighted by atomic mass is 127. The van der Waals surface area contributed by atoms with Crippen molar-refractivity contribution in [1.29, 1.82) is 0 Å². The molecule has 0 atom stereocenters. The van der Waals surface area contributed by atoms with Crippen LogP contribution < -0.4 is 15.8 Å². The molecule has 0 aliphatic heterocycles. The molecule has 0 saturated carbocycles. The van der Waals surface area contributed by atoms with Crippen molar-refractivity contribution in [2.45, 2.75) is 12.8 Å². The second-order valence-electron chi connectivity index (χ2n) is 4.95. The van der Waals surface area contributed by atoms with E-state index in [1.807, 2.05) is 0 Å². The highest BCUT2D eigenvalue weighted by Crippen LogP contribution is 2.23. The van der Waals surface area contributed by atoms with Gasteiger partial charge >= 0.3 is 6.36 Å². The summed E-state index contributed by atoms with van der Waals surface area (Å²) in [6, 6.07) is 8.17. The molecular formula is C16H15F5IN3O. The van der Waals surface area contributed by atoms with Crippen LogP contribution in [0.3, 0.4) is 0 Å². The Morgan fingerprint density at radius 3 is 2.31 bits per heavy atom. The summed E-state index contributed by atoms with van der Waals surface area (Å²) in [4.78, 5) is 3.97. The minimum absolute atomic E-state index is 0. The van der Waals surface area contributed by atoms with Crippen molar-refractivity contribution in [3.63, 3.8) is 0 Å². The number of nitrogens with zero attached hydrogens (tertiary/aromatic N) is 1. The van der Waals surface area contributed by atoms with E-state index < -0.39 is 18.0 Å². The van der Waals surface area contributed by atoms with E-state index >= 15 is 0 Å². The minimum Gasteiger partial charge on any atom is -0.406 e. The Morgan fingerprint density at radius 1 is 1.08 bits per heavy atom. The van der Waals surface area contributed by atoms with Gasteiger partial charge in [-0.05, 0) is 42.3 Å². The van der Waals surface area contributed by atoms with Gasteiger partial charge in [-0.3, -0.25) is 4.99 Å². The molecule has 2 aromatic carbocycles. The lowest BCUT2D eigenvalue weighted by Crippen LogP contribution is -2.23. The van der Waals surface area contributed by atoms with E-state index in [1.54, 1.807) is 0 Å². The first-order valence-corrected chi connectivity index (χ1v) is 7.09. The molecule has 0 heterocycles. The lowest BCUT2D eigenvalue weighted by molar-refractivity contribution is -0.274. The molecule has 3 N–H and O–H groups in total. The lowest BCUT2D eigenvalue weighted by Gasteiger charge is -2.10. The normalized spacial score (nSPS) is 11.7. The average Bonchev–Trinajstić information content (AvgIpc) is 2.50. The van der Waals surface area contributed by atoms with Crippen LogP contribution in [-0.2, 0) is 6.42 Å². The topological polar surface area (TPSA) is 59.6 Å². The maximum atomic E-state index is 13.4. The third-order valence-electron chi connectivity index (χ3n) is 3.04. The molecule has 0 amide bonds. The number of guanidine groups is 1. The largest absolute Gasteiger partial charge is 0.573 e. The first-order valence-electron chi connectivity index (χ1n) is 7.09. The van der Waals surface area contributed by atoms with E-state index in [4.69, 9.17) is 5.73 Å². The van der Waals surface area contributed by atoms with Crippen LogP contribution in [0.25, 0.3) is 0 Å². The molecule has 0 bridgehead atoms. The molecule has 2 rings (SSSR count). The number of rotatable bonds is 5. The van der Waals surface area contributed by atoms with Crippen molar-refractivity contribution < 1.29 is 26.7 Å². The number of hydrogen-bond acceptors (Lipinski definition) is 2. The fourth-order valence-corrected chi connectivity index (χ4v) is 1.95. The summed E-state index contributed by atoms with van der Waals surface area (Å²) in [5.41, 5.74) is 6.35. The molecule has 0 aliphatic rings. The highest BCUT2D eigenvalue weighted by Gasteiger charge is 2.30. The molecule has 4 nitrogen and oxygen atoms in total. The molecule has 2 aromatic rings. The van der Waals surface area contributed by atoms with Crippen LogP contribution in [0.1, 0.15) is 5.56 Å². The van der Waals surface area contributed by atoms with E-state index in [0.29, 0.717) is 11.3 Å². The summed E-state index contributed by atoms with van der Waals surface area (Å²) in [7, 11) is 0. The van der Waals surface area contributed by atoms with Gasteiger partial charge in [-0.2, -0.15) is 0 Å². The summed E-state index contributed by atoms with van der Waals surface area (Å²) in [6.07, 6.45) is -4.54. The molecule has 10 heteroatoms. The van der Waals surface area contributed by atoms with Crippen LogP contribution in [0.5, 0.6) is 5.75 Å². The van der Waals surface area contributed by atoms with E-state index in [1.165, 1.54) is 18.2 Å². The van der Waals surface area contributed by atoms with Gasteiger partial charge in [0.15, 0.2) is 5.96 Å². The van der Waals surface area contributed by atoms with E-state index in [9.17, 15) is 22.0 Å². The van der Waals surface area contributed by atoms with Crippen LogP contribution in [0.4, 0.5) is 27.6 Å². The zero-order valence-corrected chi connectivity index (χ0v) is 15.5. The Morgan fingerprint density at radius 2 is 1.73 bits per heavy atom. The molecule has 142 valence electrons. The second-order valence-corrected chi connectivity index (χ2v) is 4.95. The minimum atomic E-state index is -4.76. The van der Waals surface area contributed by atoms with Gasteiger partial charge in [0.05, 0.1) is 0 Å². The predicted molar refractivity (Wildman–Crippen MR) is 98.7 cm³/mol. The predicted octanol–water partition coefficient (Wildman–Crippen LogP) is 4.45. The lowest BCUT2D eigenvalue weighted by atomic mass is 10.1. The smallest absolute Gasteiger partial charge is 0.406 e. The molecule has 0 aliphatic carbocycles. The number of aliphatic imine (C=N–C) groups is 1. The molecule has 0 spiro atoms. The van der Waals surface area contributed by atoms with Crippen LogP contribution in [0.15, 0.2) is 47.5 Å². The first-order chi connectivity index (χ1) is 11.7. The molecule has 0 radical (unpaired) electrons. The van der Waals surface area contributed by atoms with Crippen LogP contribution >= 0.6 is 24.0 Å². The van der Waals surface area contributed by atoms with Crippen molar-refractivity contribution in [2.75, 3.05) is 11.9 Å². The van der Waals surface area contributed by atoms with Crippen LogP contribution in [-0.4, -0.2) is 18.9 Å². The molecule has 0 aromatic heterocycles. The van der Waals surface area contributed by atoms with Gasteiger partial charge in [-0.25, -0.2) is 8.78 Å². The molecular weight excluding hydrogens is 472 g/mol. The van der Waals surface area contributed by atoms with Crippen molar-refractivity contribution in [1.82, 2.24) is 0 Å². The Kier molecular flexibility index (Phi) is 8.06. The number of benzene rings is 2. The van der Waals surface area contributed by atoms with Crippen molar-refractivity contribution in [3.8, 4) is 5.75 Å². The van der Waals surface area contributed by atoms with Gasteiger partial charge in [0.25, 0.3) is 0 Å². The Hall–Kier alpha value is -2.11. The van der Waals surface area contributed by atoms with Crippen LogP contribution in [0, 0.1) is 11.6 Å². The Labute approximate surface area is 163 Å². The van der Waals surface area contributed by atoms with Gasteiger partial charge in [-0.15, -0.1) is 37.1 Å². The standard InChI is InChI=1S/C16H14F5N3O.HI/c17-11-2-1-10(14(18)9-11)7-8-23-15(22)24-12-3-5-13(6-4-12)25-16(19,20)21;/h1-6,9H,7-8H2,(H3,22,23,24);1H. The van der Waals surface area contributed by atoms with Gasteiger partial charge < -0.3 is 15.8 Å². The second kappa shape index (κ2) is 9.55. The van der Waals surface area contributed by atoms with Crippen molar-refractivity contribution >= 4 is 35.6 Å². The molecule has 0 fully saturated rings. The maximum absolute atomic E-state index is 13.4. The number of nitrogens with two attached hydrogens (primary N) is 1. The molecule has 0 unspecified atom stereocenters. The fraction of sp³-hybridized carbons (Fsp3) is 0.188. The number of anilines is 1. The number of hydrogen-bond donors (Lipinski definition) is 2. The summed E-state index contributed by atoms with van der Waals surface area (Å²) < 4.78 is 66.2. The summed E-state index contributed by atoms with van der Waals surface area (Å²) >= 11 is 0.